The highest BCUT2D eigenvalue weighted by molar-refractivity contribution is 6.17. The van der Waals surface area contributed by atoms with E-state index in [0.717, 1.165) is 10.9 Å². The second kappa shape index (κ2) is 7.88. The number of benzene rings is 2. The van der Waals surface area contributed by atoms with E-state index in [2.05, 4.69) is 23.5 Å². The lowest BCUT2D eigenvalue weighted by Crippen LogP contribution is -2.28. The van der Waals surface area contributed by atoms with Crippen molar-refractivity contribution in [3.05, 3.63) is 48.0 Å². The average Bonchev–Trinajstić information content (AvgIpc) is 2.47. The van der Waals surface area contributed by atoms with Gasteiger partial charge in [0.05, 0.1) is 19.6 Å². The van der Waals surface area contributed by atoms with Crippen molar-refractivity contribution in [1.82, 2.24) is 5.32 Å². The van der Waals surface area contributed by atoms with Crippen LogP contribution < -0.4 is 5.32 Å². The minimum atomic E-state index is 0.00903. The van der Waals surface area contributed by atoms with Crippen LogP contribution in [0.25, 0.3) is 10.8 Å². The molecule has 2 aromatic carbocycles. The molecule has 1 amide bonds. The van der Waals surface area contributed by atoms with Gasteiger partial charge in [-0.15, -0.1) is 11.6 Å². The Labute approximate surface area is 123 Å². The number of hydrogen-bond acceptors (Lipinski definition) is 2. The van der Waals surface area contributed by atoms with Crippen LogP contribution in [0, 0.1) is 0 Å². The van der Waals surface area contributed by atoms with Crippen LogP contribution >= 0.6 is 11.6 Å². The summed E-state index contributed by atoms with van der Waals surface area (Å²) in [5.74, 6) is 0.486. The van der Waals surface area contributed by atoms with Crippen LogP contribution in [0.15, 0.2) is 42.5 Å². The fourth-order valence-corrected chi connectivity index (χ4v) is 2.12. The number of amides is 1. The van der Waals surface area contributed by atoms with Gasteiger partial charge in [0.15, 0.2) is 0 Å². The summed E-state index contributed by atoms with van der Waals surface area (Å²) in [7, 11) is 0. The Morgan fingerprint density at radius 2 is 1.90 bits per heavy atom. The largest absolute Gasteiger partial charge is 0.378 e. The third-order valence-corrected chi connectivity index (χ3v) is 3.12. The normalized spacial score (nSPS) is 10.7. The van der Waals surface area contributed by atoms with E-state index in [9.17, 15) is 4.79 Å². The fourth-order valence-electron chi connectivity index (χ4n) is 2.02. The Hall–Kier alpha value is -1.58. The third-order valence-electron chi connectivity index (χ3n) is 2.97. The van der Waals surface area contributed by atoms with Gasteiger partial charge in [0, 0.05) is 12.4 Å². The maximum Gasteiger partial charge on any atom is 0.224 e. The maximum atomic E-state index is 11.8. The van der Waals surface area contributed by atoms with Crippen LogP contribution in [0.1, 0.15) is 5.56 Å². The first kappa shape index (κ1) is 14.8. The molecule has 2 aromatic rings. The molecule has 1 N–H and O–H groups in total. The average molecular weight is 292 g/mol. The molecular weight excluding hydrogens is 274 g/mol. The lowest BCUT2D eigenvalue weighted by Gasteiger charge is -2.06. The molecule has 0 aliphatic heterocycles. The second-order valence-electron chi connectivity index (χ2n) is 4.51. The molecule has 106 valence electrons. The van der Waals surface area contributed by atoms with Crippen LogP contribution in [-0.4, -0.2) is 31.5 Å². The molecule has 0 aromatic heterocycles. The van der Waals surface area contributed by atoms with E-state index in [4.69, 9.17) is 16.3 Å². The number of carbonyl (C=O) groups is 1. The molecule has 0 fully saturated rings. The summed E-state index contributed by atoms with van der Waals surface area (Å²) in [5.41, 5.74) is 1.02. The van der Waals surface area contributed by atoms with E-state index in [1.165, 1.54) is 5.39 Å². The van der Waals surface area contributed by atoms with E-state index < -0.39 is 0 Å². The standard InChI is InChI=1S/C16H18ClNO2/c17-7-9-20-10-8-18-16(19)12-13-5-6-14-3-1-2-4-15(14)11-13/h1-6,11H,7-10,12H2,(H,18,19). The van der Waals surface area contributed by atoms with E-state index in [0.29, 0.717) is 32.1 Å². The monoisotopic (exact) mass is 291 g/mol. The number of fused-ring (bicyclic) bond motifs is 1. The van der Waals surface area contributed by atoms with Gasteiger partial charge in [-0.25, -0.2) is 0 Å². The summed E-state index contributed by atoms with van der Waals surface area (Å²) < 4.78 is 5.19. The molecule has 0 bridgehead atoms. The number of carbonyl (C=O) groups excluding carboxylic acids is 1. The minimum absolute atomic E-state index is 0.00903. The van der Waals surface area contributed by atoms with Crippen LogP contribution in [0.5, 0.6) is 0 Å². The summed E-state index contributed by atoms with van der Waals surface area (Å²) in [6, 6.07) is 14.2. The summed E-state index contributed by atoms with van der Waals surface area (Å²) >= 11 is 5.49. The van der Waals surface area contributed by atoms with Crippen molar-refractivity contribution >= 4 is 28.3 Å². The van der Waals surface area contributed by atoms with E-state index in [1.54, 1.807) is 0 Å². The van der Waals surface area contributed by atoms with E-state index in [-0.39, 0.29) is 5.91 Å². The predicted octanol–water partition coefficient (Wildman–Crippen LogP) is 2.75. The van der Waals surface area contributed by atoms with E-state index >= 15 is 0 Å². The Balaban J connectivity index is 1.83. The SMILES string of the molecule is O=C(Cc1ccc2ccccc2c1)NCCOCCCl. The molecule has 2 rings (SSSR count). The Morgan fingerprint density at radius 1 is 1.10 bits per heavy atom. The first-order valence-corrected chi connectivity index (χ1v) is 7.21. The molecule has 0 spiro atoms. The zero-order chi connectivity index (χ0) is 14.2. The van der Waals surface area contributed by atoms with Gasteiger partial charge in [0.2, 0.25) is 5.91 Å². The van der Waals surface area contributed by atoms with Crippen LogP contribution in [-0.2, 0) is 16.0 Å². The Morgan fingerprint density at radius 3 is 2.70 bits per heavy atom. The van der Waals surface area contributed by atoms with Gasteiger partial charge in [0.1, 0.15) is 0 Å². The molecule has 0 aliphatic carbocycles. The lowest BCUT2D eigenvalue weighted by atomic mass is 10.1. The van der Waals surface area contributed by atoms with Crippen molar-refractivity contribution in [3.8, 4) is 0 Å². The molecule has 0 aliphatic rings. The first-order chi connectivity index (χ1) is 9.79. The second-order valence-corrected chi connectivity index (χ2v) is 4.89. The smallest absolute Gasteiger partial charge is 0.224 e. The van der Waals surface area contributed by atoms with Crippen molar-refractivity contribution in [2.45, 2.75) is 6.42 Å². The van der Waals surface area contributed by atoms with Crippen molar-refractivity contribution in [2.24, 2.45) is 0 Å². The van der Waals surface area contributed by atoms with Gasteiger partial charge < -0.3 is 10.1 Å². The van der Waals surface area contributed by atoms with Crippen molar-refractivity contribution in [3.63, 3.8) is 0 Å². The summed E-state index contributed by atoms with van der Waals surface area (Å²) in [4.78, 5) is 11.8. The molecule has 0 saturated heterocycles. The minimum Gasteiger partial charge on any atom is -0.378 e. The fraction of sp³-hybridized carbons (Fsp3) is 0.312. The highest BCUT2D eigenvalue weighted by Gasteiger charge is 2.03. The topological polar surface area (TPSA) is 38.3 Å². The number of alkyl halides is 1. The maximum absolute atomic E-state index is 11.8. The number of halogens is 1. The summed E-state index contributed by atoms with van der Waals surface area (Å²) in [6.45, 7) is 1.53. The quantitative estimate of drug-likeness (QED) is 0.629. The highest BCUT2D eigenvalue weighted by Crippen LogP contribution is 2.15. The first-order valence-electron chi connectivity index (χ1n) is 6.67. The van der Waals surface area contributed by atoms with Gasteiger partial charge in [0.25, 0.3) is 0 Å². The molecular formula is C16H18ClNO2. The molecule has 4 heteroatoms. The van der Waals surface area contributed by atoms with Crippen LogP contribution in [0.2, 0.25) is 0 Å². The molecule has 0 heterocycles. The number of hydrogen-bond donors (Lipinski definition) is 1. The van der Waals surface area contributed by atoms with Gasteiger partial charge in [-0.05, 0) is 16.3 Å². The molecule has 0 unspecified atom stereocenters. The zero-order valence-corrected chi connectivity index (χ0v) is 12.0. The lowest BCUT2D eigenvalue weighted by molar-refractivity contribution is -0.120. The molecule has 3 nitrogen and oxygen atoms in total. The van der Waals surface area contributed by atoms with Crippen LogP contribution in [0.3, 0.4) is 0 Å². The zero-order valence-electron chi connectivity index (χ0n) is 11.3. The van der Waals surface area contributed by atoms with Crippen molar-refractivity contribution in [2.75, 3.05) is 25.6 Å². The van der Waals surface area contributed by atoms with Crippen molar-refractivity contribution < 1.29 is 9.53 Å². The van der Waals surface area contributed by atoms with Crippen LogP contribution in [0.4, 0.5) is 0 Å². The van der Waals surface area contributed by atoms with Gasteiger partial charge in [-0.3, -0.25) is 4.79 Å². The molecule has 0 radical (unpaired) electrons. The predicted molar refractivity (Wildman–Crippen MR) is 82.2 cm³/mol. The molecule has 0 saturated carbocycles. The third kappa shape index (κ3) is 4.51. The molecule has 20 heavy (non-hydrogen) atoms. The number of nitrogens with one attached hydrogen (secondary N) is 1. The van der Waals surface area contributed by atoms with Crippen molar-refractivity contribution in [1.29, 1.82) is 0 Å². The number of rotatable bonds is 7. The number of ether oxygens (including phenoxy) is 1. The summed E-state index contributed by atoms with van der Waals surface area (Å²) in [5, 5.41) is 5.17. The highest BCUT2D eigenvalue weighted by atomic mass is 35.5. The van der Waals surface area contributed by atoms with Gasteiger partial charge in [-0.1, -0.05) is 42.5 Å². The molecule has 0 atom stereocenters. The van der Waals surface area contributed by atoms with Gasteiger partial charge in [-0.2, -0.15) is 0 Å². The van der Waals surface area contributed by atoms with Gasteiger partial charge >= 0.3 is 0 Å². The Bertz CT molecular complexity index is 571. The van der Waals surface area contributed by atoms with E-state index in [1.807, 2.05) is 24.3 Å². The Kier molecular flexibility index (Phi) is 5.84. The summed E-state index contributed by atoms with van der Waals surface area (Å²) in [6.07, 6.45) is 0.389.